The smallest absolute Gasteiger partial charge is 0.137 e. The molecule has 0 aliphatic carbocycles. The first-order valence-electron chi connectivity index (χ1n) is 5.96. The van der Waals surface area contributed by atoms with E-state index in [4.69, 9.17) is 4.74 Å². The lowest BCUT2D eigenvalue weighted by Gasteiger charge is -2.37. The molecule has 5 heteroatoms. The monoisotopic (exact) mass is 379 g/mol. The predicted molar refractivity (Wildman–Crippen MR) is 77.5 cm³/mol. The van der Waals surface area contributed by atoms with Gasteiger partial charge >= 0.3 is 0 Å². The van der Waals surface area contributed by atoms with Crippen LogP contribution in [0.25, 0.3) is 0 Å². The molecule has 1 saturated heterocycles. The number of rotatable bonds is 3. The van der Waals surface area contributed by atoms with Gasteiger partial charge in [-0.2, -0.15) is 0 Å². The number of alkyl halides is 1. The van der Waals surface area contributed by atoms with Gasteiger partial charge in [0.2, 0.25) is 0 Å². The van der Waals surface area contributed by atoms with E-state index in [0.29, 0.717) is 10.5 Å². The summed E-state index contributed by atoms with van der Waals surface area (Å²) in [7, 11) is 0. The first-order valence-corrected chi connectivity index (χ1v) is 7.87. The van der Waals surface area contributed by atoms with Gasteiger partial charge in [-0.05, 0) is 34.5 Å². The largest absolute Gasteiger partial charge is 0.374 e. The lowest BCUT2D eigenvalue weighted by Crippen LogP contribution is -2.48. The normalized spacial score (nSPS) is 25.3. The third-order valence-electron chi connectivity index (χ3n) is 3.21. The number of morpholine rings is 1. The van der Waals surface area contributed by atoms with Crippen molar-refractivity contribution >= 4 is 31.9 Å². The summed E-state index contributed by atoms with van der Waals surface area (Å²) in [5, 5.41) is 0.834. The molecule has 0 amide bonds. The van der Waals surface area contributed by atoms with Crippen molar-refractivity contribution in [3.63, 3.8) is 0 Å². The maximum atomic E-state index is 13.5. The van der Waals surface area contributed by atoms with Crippen molar-refractivity contribution in [2.24, 2.45) is 0 Å². The zero-order chi connectivity index (χ0) is 13.1. The number of halogens is 3. The van der Waals surface area contributed by atoms with Crippen LogP contribution in [0.5, 0.6) is 0 Å². The van der Waals surface area contributed by atoms with Crippen LogP contribution in [0.1, 0.15) is 12.5 Å². The van der Waals surface area contributed by atoms with Crippen molar-refractivity contribution in [1.29, 1.82) is 0 Å². The molecule has 1 heterocycles. The van der Waals surface area contributed by atoms with Crippen molar-refractivity contribution in [1.82, 2.24) is 4.90 Å². The highest BCUT2D eigenvalue weighted by Crippen LogP contribution is 2.24. The third kappa shape index (κ3) is 3.32. The van der Waals surface area contributed by atoms with E-state index in [1.54, 1.807) is 6.07 Å². The van der Waals surface area contributed by atoms with Crippen LogP contribution >= 0.6 is 31.9 Å². The summed E-state index contributed by atoms with van der Waals surface area (Å²) < 4.78 is 19.7. The Morgan fingerprint density at radius 2 is 2.28 bits per heavy atom. The molecule has 0 spiro atoms. The van der Waals surface area contributed by atoms with Gasteiger partial charge in [-0.25, -0.2) is 4.39 Å². The molecule has 0 saturated carbocycles. The van der Waals surface area contributed by atoms with Gasteiger partial charge in [0.25, 0.3) is 0 Å². The lowest BCUT2D eigenvalue weighted by atomic mass is 10.1. The second-order valence-electron chi connectivity index (χ2n) is 4.60. The van der Waals surface area contributed by atoms with Crippen LogP contribution in [-0.4, -0.2) is 35.5 Å². The molecular formula is C13H16Br2FNO. The molecule has 2 rings (SSSR count). The Balaban J connectivity index is 2.09. The molecule has 1 aliphatic heterocycles. The van der Waals surface area contributed by atoms with Crippen LogP contribution in [0.15, 0.2) is 22.7 Å². The summed E-state index contributed by atoms with van der Waals surface area (Å²) in [4.78, 5) is 2.33. The fourth-order valence-electron chi connectivity index (χ4n) is 2.08. The Morgan fingerprint density at radius 1 is 1.50 bits per heavy atom. The highest BCUT2D eigenvalue weighted by Gasteiger charge is 2.25. The minimum absolute atomic E-state index is 0.203. The Kier molecular flexibility index (Phi) is 5.18. The summed E-state index contributed by atoms with van der Waals surface area (Å²) in [6.07, 6.45) is 0.216. The van der Waals surface area contributed by atoms with Gasteiger partial charge in [0, 0.05) is 24.5 Å². The van der Waals surface area contributed by atoms with Crippen LogP contribution in [0.3, 0.4) is 0 Å². The van der Waals surface area contributed by atoms with Crippen molar-refractivity contribution in [3.05, 3.63) is 34.1 Å². The van der Waals surface area contributed by atoms with Crippen LogP contribution in [-0.2, 0) is 11.3 Å². The molecule has 2 unspecified atom stereocenters. The van der Waals surface area contributed by atoms with E-state index < -0.39 is 0 Å². The molecule has 1 aromatic rings. The van der Waals surface area contributed by atoms with Crippen LogP contribution in [0, 0.1) is 5.82 Å². The Hall–Kier alpha value is 0.0300. The zero-order valence-electron chi connectivity index (χ0n) is 10.2. The number of benzene rings is 1. The molecule has 0 aromatic heterocycles. The minimum Gasteiger partial charge on any atom is -0.374 e. The Morgan fingerprint density at radius 3 is 3.00 bits per heavy atom. The van der Waals surface area contributed by atoms with Crippen molar-refractivity contribution in [2.75, 3.05) is 18.5 Å². The molecular weight excluding hydrogens is 365 g/mol. The first kappa shape index (κ1) is 14.4. The summed E-state index contributed by atoms with van der Waals surface area (Å²) in [5.41, 5.74) is 0.983. The Labute approximate surface area is 124 Å². The lowest BCUT2D eigenvalue weighted by molar-refractivity contribution is -0.0500. The molecule has 1 fully saturated rings. The van der Waals surface area contributed by atoms with Crippen LogP contribution in [0.2, 0.25) is 0 Å². The van der Waals surface area contributed by atoms with Gasteiger partial charge in [0.05, 0.1) is 17.2 Å². The molecule has 18 heavy (non-hydrogen) atoms. The van der Waals surface area contributed by atoms with Crippen molar-refractivity contribution in [3.8, 4) is 0 Å². The molecule has 0 radical (unpaired) electrons. The van der Waals surface area contributed by atoms with Crippen LogP contribution < -0.4 is 0 Å². The molecule has 0 bridgehead atoms. The SMILES string of the molecule is CC1COC(CBr)CN1Cc1cccc(F)c1Br. The maximum absolute atomic E-state index is 13.5. The zero-order valence-corrected chi connectivity index (χ0v) is 13.4. The Bertz CT molecular complexity index is 416. The van der Waals surface area contributed by atoms with E-state index in [2.05, 4.69) is 43.7 Å². The average Bonchev–Trinajstić information content (AvgIpc) is 2.37. The van der Waals surface area contributed by atoms with E-state index in [-0.39, 0.29) is 11.9 Å². The number of nitrogens with zero attached hydrogens (tertiary/aromatic N) is 1. The molecule has 1 aliphatic rings. The molecule has 2 nitrogen and oxygen atoms in total. The highest BCUT2D eigenvalue weighted by molar-refractivity contribution is 9.10. The quantitative estimate of drug-likeness (QED) is 0.743. The summed E-state index contributed by atoms with van der Waals surface area (Å²) in [5.74, 6) is -0.203. The average molecular weight is 381 g/mol. The van der Waals surface area contributed by atoms with Gasteiger partial charge in [0.15, 0.2) is 0 Å². The predicted octanol–water partition coefficient (Wildman–Crippen LogP) is 3.57. The fourth-order valence-corrected chi connectivity index (χ4v) is 2.86. The number of hydrogen-bond acceptors (Lipinski definition) is 2. The van der Waals surface area contributed by atoms with Crippen molar-refractivity contribution in [2.45, 2.75) is 25.6 Å². The summed E-state index contributed by atoms with van der Waals surface area (Å²) in [6, 6.07) is 5.54. The van der Waals surface area contributed by atoms with Gasteiger partial charge in [-0.15, -0.1) is 0 Å². The molecule has 100 valence electrons. The second-order valence-corrected chi connectivity index (χ2v) is 6.04. The molecule has 0 N–H and O–H groups in total. The van der Waals surface area contributed by atoms with E-state index in [0.717, 1.165) is 30.6 Å². The third-order valence-corrected chi connectivity index (χ3v) is 4.82. The van der Waals surface area contributed by atoms with Crippen LogP contribution in [0.4, 0.5) is 4.39 Å². The van der Waals surface area contributed by atoms with E-state index >= 15 is 0 Å². The standard InChI is InChI=1S/C13H16Br2FNO/c1-9-8-18-11(5-14)7-17(9)6-10-3-2-4-12(16)13(10)15/h2-4,9,11H,5-8H2,1H3. The van der Waals surface area contributed by atoms with E-state index in [9.17, 15) is 4.39 Å². The summed E-state index contributed by atoms with van der Waals surface area (Å²) >= 11 is 6.77. The van der Waals surface area contributed by atoms with Gasteiger partial charge in [0.1, 0.15) is 5.82 Å². The van der Waals surface area contributed by atoms with E-state index in [1.807, 2.05) is 6.07 Å². The first-order chi connectivity index (χ1) is 8.61. The molecule has 1 aromatic carbocycles. The van der Waals surface area contributed by atoms with Crippen molar-refractivity contribution < 1.29 is 9.13 Å². The topological polar surface area (TPSA) is 12.5 Å². The second kappa shape index (κ2) is 6.46. The molecule has 2 atom stereocenters. The number of ether oxygens (including phenoxy) is 1. The summed E-state index contributed by atoms with van der Waals surface area (Å²) in [6.45, 7) is 4.47. The highest BCUT2D eigenvalue weighted by atomic mass is 79.9. The van der Waals surface area contributed by atoms with E-state index in [1.165, 1.54) is 6.07 Å². The number of hydrogen-bond donors (Lipinski definition) is 0. The fraction of sp³-hybridized carbons (Fsp3) is 0.538. The maximum Gasteiger partial charge on any atom is 0.137 e. The minimum atomic E-state index is -0.203. The van der Waals surface area contributed by atoms with Gasteiger partial charge < -0.3 is 4.74 Å². The van der Waals surface area contributed by atoms with Gasteiger partial charge in [-0.3, -0.25) is 4.90 Å². The van der Waals surface area contributed by atoms with Gasteiger partial charge in [-0.1, -0.05) is 28.1 Å².